The molecule has 0 bridgehead atoms. The molecule has 2 aromatic carbocycles. The summed E-state index contributed by atoms with van der Waals surface area (Å²) in [5, 5.41) is 15.9. The second-order valence-corrected chi connectivity index (χ2v) is 8.98. The molecule has 0 aliphatic heterocycles. The topological polar surface area (TPSA) is 88.9 Å². The third kappa shape index (κ3) is 6.37. The zero-order valence-electron chi connectivity index (χ0n) is 18.1. The highest BCUT2D eigenvalue weighted by Gasteiger charge is 2.20. The van der Waals surface area contributed by atoms with Crippen molar-refractivity contribution in [3.05, 3.63) is 82.1 Å². The lowest BCUT2D eigenvalue weighted by molar-refractivity contribution is -0.113. The molecule has 0 unspecified atom stereocenters. The zero-order chi connectivity index (χ0) is 24.0. The molecule has 172 valence electrons. The van der Waals surface area contributed by atoms with Crippen LogP contribution < -0.4 is 10.6 Å². The molecule has 3 aromatic rings. The molecule has 7 nitrogen and oxygen atoms in total. The van der Waals surface area contributed by atoms with Crippen molar-refractivity contribution in [1.29, 1.82) is 0 Å². The van der Waals surface area contributed by atoms with Crippen molar-refractivity contribution in [2.45, 2.75) is 31.6 Å². The predicted molar refractivity (Wildman–Crippen MR) is 133 cm³/mol. The molecule has 1 aromatic heterocycles. The summed E-state index contributed by atoms with van der Waals surface area (Å²) in [4.78, 5) is 25.0. The number of nitrogens with one attached hydrogen (secondary N) is 2. The van der Waals surface area contributed by atoms with E-state index in [1.54, 1.807) is 48.5 Å². The fourth-order valence-electron chi connectivity index (χ4n) is 3.03. The number of carbonyl (C=O) groups is 2. The highest BCUT2D eigenvalue weighted by molar-refractivity contribution is 7.99. The van der Waals surface area contributed by atoms with Crippen LogP contribution in [0, 0.1) is 6.92 Å². The molecule has 33 heavy (non-hydrogen) atoms. The van der Waals surface area contributed by atoms with Crippen molar-refractivity contribution in [2.24, 2.45) is 0 Å². The number of hydrogen-bond acceptors (Lipinski definition) is 5. The molecule has 1 atom stereocenters. The Morgan fingerprint density at radius 3 is 2.61 bits per heavy atom. The molecule has 0 radical (unpaired) electrons. The smallest absolute Gasteiger partial charge is 0.251 e. The Morgan fingerprint density at radius 1 is 1.18 bits per heavy atom. The highest BCUT2D eigenvalue weighted by Crippen LogP contribution is 2.25. The van der Waals surface area contributed by atoms with Gasteiger partial charge in [-0.3, -0.25) is 9.59 Å². The number of thioether (sulfide) groups is 1. The first kappa shape index (κ1) is 24.8. The summed E-state index contributed by atoms with van der Waals surface area (Å²) >= 11 is 13.3. The van der Waals surface area contributed by atoms with Gasteiger partial charge in [-0.05, 0) is 55.8 Å². The number of rotatable bonds is 9. The average Bonchev–Trinajstić information content (AvgIpc) is 3.19. The fraction of sp³-hybridized carbons (Fsp3) is 0.217. The Bertz CT molecular complexity index is 1160. The average molecular weight is 504 g/mol. The summed E-state index contributed by atoms with van der Waals surface area (Å²) in [7, 11) is 0. The van der Waals surface area contributed by atoms with Crippen molar-refractivity contribution in [1.82, 2.24) is 20.1 Å². The van der Waals surface area contributed by atoms with Gasteiger partial charge in [0.05, 0.1) is 11.8 Å². The highest BCUT2D eigenvalue weighted by atomic mass is 35.5. The van der Waals surface area contributed by atoms with Crippen LogP contribution in [0.1, 0.15) is 34.7 Å². The first-order valence-corrected chi connectivity index (χ1v) is 11.8. The molecule has 2 amide bonds. The van der Waals surface area contributed by atoms with Crippen LogP contribution in [-0.4, -0.2) is 32.3 Å². The second kappa shape index (κ2) is 11.4. The second-order valence-electron chi connectivity index (χ2n) is 7.19. The van der Waals surface area contributed by atoms with Gasteiger partial charge in [-0.1, -0.05) is 47.1 Å². The van der Waals surface area contributed by atoms with E-state index < -0.39 is 6.04 Å². The molecule has 1 heterocycles. The monoisotopic (exact) mass is 503 g/mol. The molecule has 0 saturated carbocycles. The van der Waals surface area contributed by atoms with Gasteiger partial charge in [0.25, 0.3) is 5.91 Å². The van der Waals surface area contributed by atoms with Gasteiger partial charge in [-0.25, -0.2) is 0 Å². The molecule has 10 heteroatoms. The molecule has 3 rings (SSSR count). The minimum absolute atomic E-state index is 0.132. The minimum atomic E-state index is -0.419. The van der Waals surface area contributed by atoms with Crippen LogP contribution in [0.2, 0.25) is 10.0 Å². The van der Waals surface area contributed by atoms with E-state index in [0.29, 0.717) is 38.8 Å². The summed E-state index contributed by atoms with van der Waals surface area (Å²) in [6, 6.07) is 11.6. The minimum Gasteiger partial charge on any atom is -0.342 e. The molecule has 0 fully saturated rings. The number of benzene rings is 2. The summed E-state index contributed by atoms with van der Waals surface area (Å²) in [6.07, 6.45) is 1.71. The maximum atomic E-state index is 12.6. The number of hydrogen-bond donors (Lipinski definition) is 2. The van der Waals surface area contributed by atoms with Crippen molar-refractivity contribution in [3.8, 4) is 0 Å². The van der Waals surface area contributed by atoms with E-state index in [0.717, 1.165) is 5.56 Å². The number of anilines is 1. The van der Waals surface area contributed by atoms with E-state index in [9.17, 15) is 9.59 Å². The summed E-state index contributed by atoms with van der Waals surface area (Å²) in [5.41, 5.74) is 1.96. The third-order valence-corrected chi connectivity index (χ3v) is 6.40. The van der Waals surface area contributed by atoms with Crippen molar-refractivity contribution in [2.75, 3.05) is 11.1 Å². The Labute approximate surface area is 206 Å². The van der Waals surface area contributed by atoms with Crippen LogP contribution >= 0.6 is 35.0 Å². The van der Waals surface area contributed by atoms with Crippen LogP contribution in [-0.2, 0) is 11.3 Å². The van der Waals surface area contributed by atoms with Gasteiger partial charge in [-0.2, -0.15) is 0 Å². The lowest BCUT2D eigenvalue weighted by Crippen LogP contribution is -2.28. The van der Waals surface area contributed by atoms with Crippen LogP contribution in [0.15, 0.2) is 60.3 Å². The molecule has 0 aliphatic rings. The zero-order valence-corrected chi connectivity index (χ0v) is 20.5. The first-order chi connectivity index (χ1) is 15.8. The van der Waals surface area contributed by atoms with Gasteiger partial charge in [0, 0.05) is 27.8 Å². The number of halogens is 2. The Morgan fingerprint density at radius 2 is 1.91 bits per heavy atom. The summed E-state index contributed by atoms with van der Waals surface area (Å²) in [5.74, 6) is 0.250. The predicted octanol–water partition coefficient (Wildman–Crippen LogP) is 5.30. The van der Waals surface area contributed by atoms with Crippen molar-refractivity contribution < 1.29 is 9.59 Å². The quantitative estimate of drug-likeness (QED) is 0.305. The van der Waals surface area contributed by atoms with Crippen LogP contribution in [0.5, 0.6) is 0 Å². The maximum Gasteiger partial charge on any atom is 0.251 e. The first-order valence-electron chi connectivity index (χ1n) is 10.1. The Hall–Kier alpha value is -2.81. The lowest BCUT2D eigenvalue weighted by atomic mass is 10.2. The number of amides is 2. The molecule has 0 spiro atoms. The standard InChI is InChI=1S/C23H23Cl2N5O2S/c1-4-12-30-21(15(3)26-22(32)16-8-10-17(24)11-9-16)28-29-23(30)33-13-20(31)27-19-7-5-6-18(25)14(19)2/h4-11,15H,1,12-13H2,2-3H3,(H,26,32)(H,27,31)/t15-/m0/s1. The molecular formula is C23H23Cl2N5O2S. The third-order valence-electron chi connectivity index (χ3n) is 4.77. The maximum absolute atomic E-state index is 12.6. The normalized spacial score (nSPS) is 11.6. The van der Waals surface area contributed by atoms with E-state index >= 15 is 0 Å². The van der Waals surface area contributed by atoms with Crippen molar-refractivity contribution >= 4 is 52.5 Å². The molecule has 2 N–H and O–H groups in total. The van der Waals surface area contributed by atoms with Crippen LogP contribution in [0.4, 0.5) is 5.69 Å². The van der Waals surface area contributed by atoms with E-state index in [4.69, 9.17) is 23.2 Å². The summed E-state index contributed by atoms with van der Waals surface area (Å²) in [6.45, 7) is 7.88. The number of allylic oxidation sites excluding steroid dienone is 1. The van der Waals surface area contributed by atoms with Crippen LogP contribution in [0.25, 0.3) is 0 Å². The Kier molecular flexibility index (Phi) is 8.55. The number of carbonyl (C=O) groups excluding carboxylic acids is 2. The largest absolute Gasteiger partial charge is 0.342 e. The number of aromatic nitrogens is 3. The van der Waals surface area contributed by atoms with Gasteiger partial charge >= 0.3 is 0 Å². The molecule has 0 saturated heterocycles. The van der Waals surface area contributed by atoms with E-state index in [1.165, 1.54) is 11.8 Å². The van der Waals surface area contributed by atoms with Crippen molar-refractivity contribution in [3.63, 3.8) is 0 Å². The van der Waals surface area contributed by atoms with E-state index in [2.05, 4.69) is 27.4 Å². The summed E-state index contributed by atoms with van der Waals surface area (Å²) < 4.78 is 1.82. The molecular weight excluding hydrogens is 481 g/mol. The van der Waals surface area contributed by atoms with Gasteiger partial charge in [0.15, 0.2) is 11.0 Å². The lowest BCUT2D eigenvalue weighted by Gasteiger charge is -2.15. The van der Waals surface area contributed by atoms with Gasteiger partial charge in [-0.15, -0.1) is 16.8 Å². The van der Waals surface area contributed by atoms with E-state index in [-0.39, 0.29) is 17.6 Å². The fourth-order valence-corrected chi connectivity index (χ4v) is 4.09. The van der Waals surface area contributed by atoms with Crippen LogP contribution in [0.3, 0.4) is 0 Å². The molecule has 0 aliphatic carbocycles. The van der Waals surface area contributed by atoms with E-state index in [1.807, 2.05) is 18.4 Å². The van der Waals surface area contributed by atoms with Gasteiger partial charge in [0.2, 0.25) is 5.91 Å². The number of nitrogens with zero attached hydrogens (tertiary/aromatic N) is 3. The van der Waals surface area contributed by atoms with Gasteiger partial charge < -0.3 is 15.2 Å². The Balaban J connectivity index is 1.67. The van der Waals surface area contributed by atoms with Gasteiger partial charge in [0.1, 0.15) is 0 Å². The SMILES string of the molecule is C=CCn1c(SCC(=O)Nc2cccc(Cl)c2C)nnc1[C@H](C)NC(=O)c1ccc(Cl)cc1.